The van der Waals surface area contributed by atoms with E-state index in [-0.39, 0.29) is 5.97 Å². The van der Waals surface area contributed by atoms with Gasteiger partial charge in [-0.05, 0) is 49.5 Å². The molecule has 1 aromatic carbocycles. The van der Waals surface area contributed by atoms with Crippen LogP contribution >= 0.6 is 0 Å². The van der Waals surface area contributed by atoms with Gasteiger partial charge in [-0.2, -0.15) is 0 Å². The summed E-state index contributed by atoms with van der Waals surface area (Å²) in [6, 6.07) is 8.70. The van der Waals surface area contributed by atoms with Crippen LogP contribution < -0.4 is 4.74 Å². The van der Waals surface area contributed by atoms with E-state index in [1.54, 1.807) is 12.4 Å². The number of benzene rings is 1. The van der Waals surface area contributed by atoms with Crippen molar-refractivity contribution in [3.8, 4) is 17.1 Å². The molecule has 1 heterocycles. The Kier molecular flexibility index (Phi) is 9.51. The summed E-state index contributed by atoms with van der Waals surface area (Å²) in [5.74, 6) is 2.50. The van der Waals surface area contributed by atoms with Crippen molar-refractivity contribution in [1.82, 2.24) is 9.97 Å². The minimum atomic E-state index is -0.203. The molecule has 168 valence electrons. The van der Waals surface area contributed by atoms with E-state index >= 15 is 0 Å². The first kappa shape index (κ1) is 23.4. The SMILES string of the molecule is CCCCCCCC(=O)Oc1cnc(-c2ccc([C@H]3CC[C@H](CCC)CC3)cc2)nc1. The van der Waals surface area contributed by atoms with Crippen molar-refractivity contribution in [3.05, 3.63) is 42.2 Å². The van der Waals surface area contributed by atoms with Gasteiger partial charge in [-0.3, -0.25) is 4.79 Å². The number of esters is 1. The quantitative estimate of drug-likeness (QED) is 0.278. The number of rotatable bonds is 11. The number of carbonyl (C=O) groups is 1. The second-order valence-corrected chi connectivity index (χ2v) is 9.01. The molecule has 4 nitrogen and oxygen atoms in total. The Bertz CT molecular complexity index is 778. The Balaban J connectivity index is 1.48. The van der Waals surface area contributed by atoms with Gasteiger partial charge in [0, 0.05) is 12.0 Å². The molecule has 0 saturated heterocycles. The fourth-order valence-corrected chi connectivity index (χ4v) is 4.67. The predicted octanol–water partition coefficient (Wildman–Crippen LogP) is 7.48. The maximum absolute atomic E-state index is 12.0. The zero-order valence-corrected chi connectivity index (χ0v) is 19.3. The predicted molar refractivity (Wildman–Crippen MR) is 126 cm³/mol. The van der Waals surface area contributed by atoms with Crippen molar-refractivity contribution in [3.63, 3.8) is 0 Å². The first-order valence-electron chi connectivity index (χ1n) is 12.3. The summed E-state index contributed by atoms with van der Waals surface area (Å²) in [6.07, 6.45) is 17.2. The van der Waals surface area contributed by atoms with Gasteiger partial charge >= 0.3 is 5.97 Å². The number of nitrogens with zero attached hydrogens (tertiary/aromatic N) is 2. The molecule has 0 N–H and O–H groups in total. The van der Waals surface area contributed by atoms with Gasteiger partial charge in [0.1, 0.15) is 0 Å². The smallest absolute Gasteiger partial charge is 0.311 e. The Labute approximate surface area is 187 Å². The van der Waals surface area contributed by atoms with Crippen molar-refractivity contribution < 1.29 is 9.53 Å². The Hall–Kier alpha value is -2.23. The summed E-state index contributed by atoms with van der Waals surface area (Å²) < 4.78 is 5.37. The van der Waals surface area contributed by atoms with Crippen LogP contribution in [0.25, 0.3) is 11.4 Å². The molecule has 4 heteroatoms. The third kappa shape index (κ3) is 7.45. The molecule has 2 aromatic rings. The van der Waals surface area contributed by atoms with Crippen LogP contribution in [-0.2, 0) is 4.79 Å². The third-order valence-corrected chi connectivity index (χ3v) is 6.53. The van der Waals surface area contributed by atoms with E-state index in [9.17, 15) is 4.79 Å². The van der Waals surface area contributed by atoms with Crippen LogP contribution in [0, 0.1) is 5.92 Å². The fraction of sp³-hybridized carbons (Fsp3) is 0.593. The lowest BCUT2D eigenvalue weighted by Gasteiger charge is -2.28. The van der Waals surface area contributed by atoms with E-state index in [2.05, 4.69) is 48.1 Å². The number of aromatic nitrogens is 2. The summed E-state index contributed by atoms with van der Waals surface area (Å²) in [6.45, 7) is 4.48. The van der Waals surface area contributed by atoms with Crippen LogP contribution in [0.3, 0.4) is 0 Å². The molecule has 1 fully saturated rings. The summed E-state index contributed by atoms with van der Waals surface area (Å²) in [5, 5.41) is 0. The van der Waals surface area contributed by atoms with Crippen LogP contribution in [0.4, 0.5) is 0 Å². The summed E-state index contributed by atoms with van der Waals surface area (Å²) in [7, 11) is 0. The second-order valence-electron chi connectivity index (χ2n) is 9.01. The average molecular weight is 423 g/mol. The molecular weight excluding hydrogens is 384 g/mol. The first-order valence-corrected chi connectivity index (χ1v) is 12.3. The van der Waals surface area contributed by atoms with E-state index in [1.807, 2.05) is 0 Å². The number of unbranched alkanes of at least 4 members (excludes halogenated alkanes) is 4. The van der Waals surface area contributed by atoms with Crippen molar-refractivity contribution >= 4 is 5.97 Å². The van der Waals surface area contributed by atoms with E-state index < -0.39 is 0 Å². The van der Waals surface area contributed by atoms with Gasteiger partial charge in [-0.15, -0.1) is 0 Å². The highest BCUT2D eigenvalue weighted by Crippen LogP contribution is 2.37. The molecule has 0 unspecified atom stereocenters. The number of hydrogen-bond acceptors (Lipinski definition) is 4. The summed E-state index contributed by atoms with van der Waals surface area (Å²) >= 11 is 0. The lowest BCUT2D eigenvalue weighted by atomic mass is 9.77. The van der Waals surface area contributed by atoms with Crippen molar-refractivity contribution in [2.45, 2.75) is 96.8 Å². The van der Waals surface area contributed by atoms with Gasteiger partial charge in [0.25, 0.3) is 0 Å². The molecule has 1 saturated carbocycles. The highest BCUT2D eigenvalue weighted by Gasteiger charge is 2.21. The molecule has 31 heavy (non-hydrogen) atoms. The topological polar surface area (TPSA) is 52.1 Å². The second kappa shape index (κ2) is 12.6. The van der Waals surface area contributed by atoms with Gasteiger partial charge in [-0.25, -0.2) is 9.97 Å². The zero-order chi connectivity index (χ0) is 21.9. The normalized spacial score (nSPS) is 18.6. The number of hydrogen-bond donors (Lipinski definition) is 0. The highest BCUT2D eigenvalue weighted by molar-refractivity contribution is 5.72. The van der Waals surface area contributed by atoms with Gasteiger partial charge in [0.15, 0.2) is 11.6 Å². The number of carbonyl (C=O) groups excluding carboxylic acids is 1. The number of ether oxygens (including phenoxy) is 1. The first-order chi connectivity index (χ1) is 15.2. The molecule has 1 aliphatic rings. The molecule has 0 bridgehead atoms. The summed E-state index contributed by atoms with van der Waals surface area (Å²) in [4.78, 5) is 20.8. The Morgan fingerprint density at radius 2 is 1.58 bits per heavy atom. The summed E-state index contributed by atoms with van der Waals surface area (Å²) in [5.41, 5.74) is 2.43. The molecule has 0 aliphatic heterocycles. The van der Waals surface area contributed by atoms with Crippen LogP contribution in [-0.4, -0.2) is 15.9 Å². The molecule has 1 aliphatic carbocycles. The maximum Gasteiger partial charge on any atom is 0.311 e. The molecule has 1 aromatic heterocycles. The van der Waals surface area contributed by atoms with E-state index in [0.717, 1.165) is 24.3 Å². The van der Waals surface area contributed by atoms with Gasteiger partial charge < -0.3 is 4.74 Å². The van der Waals surface area contributed by atoms with Crippen LogP contribution in [0.2, 0.25) is 0 Å². The molecule has 0 atom stereocenters. The monoisotopic (exact) mass is 422 g/mol. The lowest BCUT2D eigenvalue weighted by Crippen LogP contribution is -2.13. The van der Waals surface area contributed by atoms with Gasteiger partial charge in [0.2, 0.25) is 0 Å². The van der Waals surface area contributed by atoms with E-state index in [4.69, 9.17) is 4.74 Å². The standard InChI is InChI=1S/C27H38N2O2/c1-3-5-6-7-8-10-26(30)31-25-19-28-27(29-20-25)24-17-15-23(16-18-24)22-13-11-21(9-4-2)12-14-22/h15-22H,3-14H2,1-2H3/t21-,22-. The molecule has 0 amide bonds. The minimum absolute atomic E-state index is 0.203. The fourth-order valence-electron chi connectivity index (χ4n) is 4.67. The van der Waals surface area contributed by atoms with E-state index in [1.165, 1.54) is 63.4 Å². The maximum atomic E-state index is 12.0. The molecular formula is C27H38N2O2. The van der Waals surface area contributed by atoms with Crippen LogP contribution in [0.1, 0.15) is 102 Å². The van der Waals surface area contributed by atoms with Crippen LogP contribution in [0.5, 0.6) is 5.75 Å². The Morgan fingerprint density at radius 3 is 2.23 bits per heavy atom. The van der Waals surface area contributed by atoms with Crippen LogP contribution in [0.15, 0.2) is 36.7 Å². The lowest BCUT2D eigenvalue weighted by molar-refractivity contribution is -0.134. The largest absolute Gasteiger partial charge is 0.423 e. The molecule has 0 radical (unpaired) electrons. The van der Waals surface area contributed by atoms with Crippen molar-refractivity contribution in [1.29, 1.82) is 0 Å². The van der Waals surface area contributed by atoms with E-state index in [0.29, 0.717) is 23.9 Å². The van der Waals surface area contributed by atoms with Gasteiger partial charge in [-0.1, -0.05) is 76.6 Å². The zero-order valence-electron chi connectivity index (χ0n) is 19.3. The van der Waals surface area contributed by atoms with Crippen molar-refractivity contribution in [2.75, 3.05) is 0 Å². The Morgan fingerprint density at radius 1 is 0.903 bits per heavy atom. The third-order valence-electron chi connectivity index (χ3n) is 6.53. The highest BCUT2D eigenvalue weighted by atomic mass is 16.5. The van der Waals surface area contributed by atoms with Gasteiger partial charge in [0.05, 0.1) is 12.4 Å². The molecule has 3 rings (SSSR count). The minimum Gasteiger partial charge on any atom is -0.423 e. The van der Waals surface area contributed by atoms with Crippen molar-refractivity contribution in [2.24, 2.45) is 5.92 Å². The molecule has 0 spiro atoms. The average Bonchev–Trinajstić information content (AvgIpc) is 2.80.